The summed E-state index contributed by atoms with van der Waals surface area (Å²) in [5, 5.41) is 9.73. The number of carbonyl (C=O) groups is 1. The Hall–Kier alpha value is -2.58. The summed E-state index contributed by atoms with van der Waals surface area (Å²) in [6, 6.07) is 7.30. The molecule has 0 atom stereocenters. The number of hydrogen-bond acceptors (Lipinski definition) is 5. The van der Waals surface area contributed by atoms with Crippen molar-refractivity contribution in [3.05, 3.63) is 57.8 Å². The van der Waals surface area contributed by atoms with Crippen molar-refractivity contribution in [2.24, 2.45) is 0 Å². The van der Waals surface area contributed by atoms with E-state index in [1.54, 1.807) is 26.2 Å². The lowest BCUT2D eigenvalue weighted by Gasteiger charge is -2.12. The number of benzene rings is 1. The van der Waals surface area contributed by atoms with E-state index in [9.17, 15) is 14.0 Å². The predicted molar refractivity (Wildman–Crippen MR) is 91.6 cm³/mol. The number of hydrogen-bond donors (Lipinski definition) is 2. The number of methoxy groups -OCH3 is 1. The van der Waals surface area contributed by atoms with Gasteiger partial charge in [0.25, 0.3) is 5.91 Å². The molecule has 1 aromatic heterocycles. The highest BCUT2D eigenvalue weighted by atomic mass is 19.1. The summed E-state index contributed by atoms with van der Waals surface area (Å²) in [5.41, 5.74) is -0.163. The molecule has 1 heterocycles. The van der Waals surface area contributed by atoms with Gasteiger partial charge < -0.3 is 15.4 Å². The van der Waals surface area contributed by atoms with E-state index in [0.29, 0.717) is 31.9 Å². The smallest absolute Gasteiger partial charge is 0.275 e. The van der Waals surface area contributed by atoms with Gasteiger partial charge in [0.2, 0.25) is 5.43 Å². The Morgan fingerprint density at radius 3 is 2.76 bits per heavy atom. The second kappa shape index (κ2) is 9.05. The van der Waals surface area contributed by atoms with E-state index < -0.39 is 17.2 Å². The Kier molecular flexibility index (Phi) is 6.79. The molecule has 25 heavy (non-hydrogen) atoms. The summed E-state index contributed by atoms with van der Waals surface area (Å²) >= 11 is 0. The van der Waals surface area contributed by atoms with Crippen LogP contribution < -0.4 is 16.1 Å². The molecule has 0 saturated carbocycles. The van der Waals surface area contributed by atoms with Gasteiger partial charge in [-0.2, -0.15) is 5.10 Å². The van der Waals surface area contributed by atoms with Gasteiger partial charge in [-0.05, 0) is 19.1 Å². The van der Waals surface area contributed by atoms with Crippen LogP contribution >= 0.6 is 0 Å². The Morgan fingerprint density at radius 2 is 2.04 bits per heavy atom. The van der Waals surface area contributed by atoms with E-state index in [0.717, 1.165) is 0 Å². The average molecular weight is 348 g/mol. The molecule has 0 bridgehead atoms. The Morgan fingerprint density at radius 1 is 1.28 bits per heavy atom. The van der Waals surface area contributed by atoms with Crippen LogP contribution in [0.25, 0.3) is 5.69 Å². The van der Waals surface area contributed by atoms with Gasteiger partial charge in [0.1, 0.15) is 11.5 Å². The van der Waals surface area contributed by atoms with Gasteiger partial charge in [0.15, 0.2) is 5.69 Å². The zero-order valence-corrected chi connectivity index (χ0v) is 14.2. The molecule has 0 aliphatic rings. The standard InChI is InChI=1S/C17H21FN4O3/c1-12-11-15(23)16(17(24)20-8-7-19-9-10-25-2)21-22(12)14-6-4-3-5-13(14)18/h3-6,11,19H,7-10H2,1-2H3,(H,20,24). The van der Waals surface area contributed by atoms with Crippen molar-refractivity contribution < 1.29 is 13.9 Å². The molecule has 1 aromatic carbocycles. The van der Waals surface area contributed by atoms with Crippen molar-refractivity contribution >= 4 is 5.91 Å². The lowest BCUT2D eigenvalue weighted by atomic mass is 10.2. The van der Waals surface area contributed by atoms with Crippen LogP contribution in [0.4, 0.5) is 4.39 Å². The first kappa shape index (κ1) is 18.8. The Bertz CT molecular complexity index is 792. The molecule has 0 aliphatic heterocycles. The van der Waals surface area contributed by atoms with Crippen molar-refractivity contribution in [3.8, 4) is 5.69 Å². The molecule has 7 nitrogen and oxygen atoms in total. The summed E-state index contributed by atoms with van der Waals surface area (Å²) in [7, 11) is 1.60. The summed E-state index contributed by atoms with van der Waals surface area (Å²) in [6.07, 6.45) is 0. The first-order valence-corrected chi connectivity index (χ1v) is 7.88. The molecular formula is C17H21FN4O3. The maximum atomic E-state index is 14.0. The minimum Gasteiger partial charge on any atom is -0.383 e. The van der Waals surface area contributed by atoms with Gasteiger partial charge >= 0.3 is 0 Å². The third-order valence-corrected chi connectivity index (χ3v) is 3.47. The molecule has 0 fully saturated rings. The number of aryl methyl sites for hydroxylation is 1. The average Bonchev–Trinajstić information content (AvgIpc) is 2.59. The molecule has 0 spiro atoms. The molecule has 0 unspecified atom stereocenters. The van der Waals surface area contributed by atoms with E-state index in [4.69, 9.17) is 4.74 Å². The Labute approximate surface area is 144 Å². The van der Waals surface area contributed by atoms with E-state index in [1.807, 2.05) is 0 Å². The van der Waals surface area contributed by atoms with E-state index in [-0.39, 0.29) is 11.4 Å². The quantitative estimate of drug-likeness (QED) is 0.684. The largest absolute Gasteiger partial charge is 0.383 e. The number of rotatable bonds is 8. The molecule has 0 radical (unpaired) electrons. The maximum absolute atomic E-state index is 14.0. The molecule has 1 amide bonds. The molecule has 8 heteroatoms. The highest BCUT2D eigenvalue weighted by Crippen LogP contribution is 2.12. The fourth-order valence-corrected chi connectivity index (χ4v) is 2.22. The zero-order chi connectivity index (χ0) is 18.2. The molecular weight excluding hydrogens is 327 g/mol. The third-order valence-electron chi connectivity index (χ3n) is 3.47. The molecule has 2 rings (SSSR count). The van der Waals surface area contributed by atoms with Crippen molar-refractivity contribution in [1.82, 2.24) is 20.4 Å². The topological polar surface area (TPSA) is 85.2 Å². The molecule has 2 aromatic rings. The van der Waals surface area contributed by atoms with Crippen molar-refractivity contribution in [3.63, 3.8) is 0 Å². The lowest BCUT2D eigenvalue weighted by molar-refractivity contribution is 0.0945. The first-order chi connectivity index (χ1) is 12.0. The van der Waals surface area contributed by atoms with Gasteiger partial charge in [0.05, 0.1) is 6.61 Å². The minimum atomic E-state index is -0.594. The SMILES string of the molecule is COCCNCCNC(=O)c1nn(-c2ccccc2F)c(C)cc1=O. The highest BCUT2D eigenvalue weighted by Gasteiger charge is 2.16. The molecule has 2 N–H and O–H groups in total. The van der Waals surface area contributed by atoms with E-state index in [1.165, 1.54) is 22.9 Å². The van der Waals surface area contributed by atoms with Crippen LogP contribution in [0.3, 0.4) is 0 Å². The van der Waals surface area contributed by atoms with Gasteiger partial charge in [-0.15, -0.1) is 0 Å². The van der Waals surface area contributed by atoms with Crippen molar-refractivity contribution in [1.29, 1.82) is 0 Å². The zero-order valence-electron chi connectivity index (χ0n) is 14.2. The fourth-order valence-electron chi connectivity index (χ4n) is 2.22. The second-order valence-corrected chi connectivity index (χ2v) is 5.36. The number of nitrogens with one attached hydrogen (secondary N) is 2. The van der Waals surface area contributed by atoms with Crippen LogP contribution in [0, 0.1) is 12.7 Å². The van der Waals surface area contributed by atoms with Crippen LogP contribution in [0.15, 0.2) is 35.1 Å². The summed E-state index contributed by atoms with van der Waals surface area (Å²) in [6.45, 7) is 3.72. The number of nitrogens with zero attached hydrogens (tertiary/aromatic N) is 2. The fraction of sp³-hybridized carbons (Fsp3) is 0.353. The van der Waals surface area contributed by atoms with Crippen LogP contribution in [0.2, 0.25) is 0 Å². The maximum Gasteiger partial charge on any atom is 0.275 e. The number of aromatic nitrogens is 2. The molecule has 0 saturated heterocycles. The minimum absolute atomic E-state index is 0.176. The number of halogens is 1. The first-order valence-electron chi connectivity index (χ1n) is 7.88. The number of ether oxygens (including phenoxy) is 1. The van der Waals surface area contributed by atoms with Gasteiger partial charge in [-0.3, -0.25) is 9.59 Å². The molecule has 134 valence electrons. The van der Waals surface area contributed by atoms with Crippen molar-refractivity contribution in [2.75, 3.05) is 33.4 Å². The summed E-state index contributed by atoms with van der Waals surface area (Å²) < 4.78 is 20.1. The van der Waals surface area contributed by atoms with Gasteiger partial charge in [-0.1, -0.05) is 12.1 Å². The van der Waals surface area contributed by atoms with E-state index in [2.05, 4.69) is 15.7 Å². The number of amides is 1. The molecule has 0 aliphatic carbocycles. The second-order valence-electron chi connectivity index (χ2n) is 5.36. The van der Waals surface area contributed by atoms with Crippen molar-refractivity contribution in [2.45, 2.75) is 6.92 Å². The van der Waals surface area contributed by atoms with E-state index >= 15 is 0 Å². The van der Waals surface area contributed by atoms with Crippen LogP contribution in [0.5, 0.6) is 0 Å². The Balaban J connectivity index is 2.13. The van der Waals surface area contributed by atoms with Gasteiger partial charge in [0, 0.05) is 38.5 Å². The number of carbonyl (C=O) groups excluding carboxylic acids is 1. The summed E-state index contributed by atoms with van der Waals surface area (Å²) in [4.78, 5) is 24.3. The highest BCUT2D eigenvalue weighted by molar-refractivity contribution is 5.92. The van der Waals surface area contributed by atoms with Gasteiger partial charge in [-0.25, -0.2) is 9.07 Å². The summed E-state index contributed by atoms with van der Waals surface area (Å²) in [5.74, 6) is -1.08. The number of para-hydroxylation sites is 1. The normalized spacial score (nSPS) is 10.7. The van der Waals surface area contributed by atoms with Crippen LogP contribution in [-0.4, -0.2) is 49.0 Å². The van der Waals surface area contributed by atoms with Crippen LogP contribution in [0.1, 0.15) is 16.2 Å². The van der Waals surface area contributed by atoms with Crippen LogP contribution in [-0.2, 0) is 4.74 Å². The monoisotopic (exact) mass is 348 g/mol. The lowest BCUT2D eigenvalue weighted by Crippen LogP contribution is -2.36. The predicted octanol–water partition coefficient (Wildman–Crippen LogP) is 0.646. The third kappa shape index (κ3) is 4.94.